The number of rotatable bonds is 6. The van der Waals surface area contributed by atoms with Gasteiger partial charge in [-0.2, -0.15) is 0 Å². The Morgan fingerprint density at radius 3 is 2.86 bits per heavy atom. The van der Waals surface area contributed by atoms with Gasteiger partial charge in [-0.1, -0.05) is 36.9 Å². The van der Waals surface area contributed by atoms with Gasteiger partial charge in [-0.3, -0.25) is 4.79 Å². The van der Waals surface area contributed by atoms with Crippen molar-refractivity contribution in [2.24, 2.45) is 7.05 Å². The molecular formula is C16H21N3O2S. The number of imidazole rings is 1. The first kappa shape index (κ1) is 16.6. The van der Waals surface area contributed by atoms with Crippen molar-refractivity contribution < 1.29 is 9.90 Å². The highest BCUT2D eigenvalue weighted by Crippen LogP contribution is 2.22. The number of aryl methyl sites for hydroxylation is 2. The highest BCUT2D eigenvalue weighted by molar-refractivity contribution is 7.99. The second-order valence-electron chi connectivity index (χ2n) is 5.05. The van der Waals surface area contributed by atoms with E-state index in [2.05, 4.69) is 17.2 Å². The van der Waals surface area contributed by atoms with Crippen molar-refractivity contribution in [2.75, 3.05) is 11.1 Å². The van der Waals surface area contributed by atoms with Crippen LogP contribution >= 0.6 is 11.8 Å². The van der Waals surface area contributed by atoms with Crippen molar-refractivity contribution in [1.29, 1.82) is 0 Å². The van der Waals surface area contributed by atoms with Crippen molar-refractivity contribution in [1.82, 2.24) is 9.55 Å². The summed E-state index contributed by atoms with van der Waals surface area (Å²) in [5, 5.41) is 12.9. The average molecular weight is 319 g/mol. The van der Waals surface area contributed by atoms with Gasteiger partial charge < -0.3 is 15.0 Å². The van der Waals surface area contributed by atoms with Crippen LogP contribution in [-0.2, 0) is 24.9 Å². The monoisotopic (exact) mass is 319 g/mol. The first-order valence-electron chi connectivity index (χ1n) is 7.19. The summed E-state index contributed by atoms with van der Waals surface area (Å²) in [4.78, 5) is 16.4. The number of hydrogen-bond donors (Lipinski definition) is 2. The highest BCUT2D eigenvalue weighted by Gasteiger charge is 2.12. The number of nitrogens with zero attached hydrogens (tertiary/aromatic N) is 2. The number of nitrogens with one attached hydrogen (secondary N) is 1. The summed E-state index contributed by atoms with van der Waals surface area (Å²) in [5.41, 5.74) is 3.84. The molecule has 0 aliphatic heterocycles. The summed E-state index contributed by atoms with van der Waals surface area (Å²) < 4.78 is 1.79. The predicted octanol–water partition coefficient (Wildman–Crippen LogP) is 2.51. The van der Waals surface area contributed by atoms with E-state index in [0.717, 1.165) is 34.1 Å². The van der Waals surface area contributed by atoms with Gasteiger partial charge in [0.2, 0.25) is 5.91 Å². The van der Waals surface area contributed by atoms with Crippen LogP contribution in [0.3, 0.4) is 0 Å². The largest absolute Gasteiger partial charge is 0.390 e. The Morgan fingerprint density at radius 2 is 2.23 bits per heavy atom. The second-order valence-corrected chi connectivity index (χ2v) is 5.99. The lowest BCUT2D eigenvalue weighted by molar-refractivity contribution is -0.113. The third-order valence-corrected chi connectivity index (χ3v) is 4.58. The van der Waals surface area contributed by atoms with Crippen LogP contribution in [0.25, 0.3) is 0 Å². The van der Waals surface area contributed by atoms with Gasteiger partial charge in [-0.25, -0.2) is 4.98 Å². The molecule has 0 radical (unpaired) electrons. The molecule has 1 aromatic heterocycles. The smallest absolute Gasteiger partial charge is 0.234 e. The number of carbonyl (C=O) groups is 1. The summed E-state index contributed by atoms with van der Waals surface area (Å²) in [7, 11) is 1.83. The van der Waals surface area contributed by atoms with Crippen molar-refractivity contribution in [3.63, 3.8) is 0 Å². The van der Waals surface area contributed by atoms with Gasteiger partial charge in [0.15, 0.2) is 5.16 Å². The molecule has 5 nitrogen and oxygen atoms in total. The Morgan fingerprint density at radius 1 is 1.45 bits per heavy atom. The zero-order valence-electron chi connectivity index (χ0n) is 13.1. The zero-order valence-corrected chi connectivity index (χ0v) is 13.9. The van der Waals surface area contributed by atoms with Gasteiger partial charge in [0.05, 0.1) is 24.3 Å². The third-order valence-electron chi connectivity index (χ3n) is 3.54. The lowest BCUT2D eigenvalue weighted by atomic mass is 10.1. The normalized spacial score (nSPS) is 10.7. The van der Waals surface area contributed by atoms with E-state index in [1.54, 1.807) is 10.8 Å². The van der Waals surface area contributed by atoms with E-state index in [0.29, 0.717) is 0 Å². The number of benzene rings is 1. The van der Waals surface area contributed by atoms with Crippen LogP contribution in [0.5, 0.6) is 0 Å². The zero-order chi connectivity index (χ0) is 16.1. The average Bonchev–Trinajstić information content (AvgIpc) is 2.87. The molecule has 0 bridgehead atoms. The fourth-order valence-electron chi connectivity index (χ4n) is 2.21. The molecule has 2 rings (SSSR count). The number of aromatic nitrogens is 2. The summed E-state index contributed by atoms with van der Waals surface area (Å²) in [6, 6.07) is 6.03. The highest BCUT2D eigenvalue weighted by atomic mass is 32.2. The van der Waals surface area contributed by atoms with Crippen LogP contribution in [0.4, 0.5) is 5.69 Å². The molecule has 0 saturated heterocycles. The molecule has 118 valence electrons. The Hall–Kier alpha value is -1.79. The maximum atomic E-state index is 12.2. The Kier molecular flexibility index (Phi) is 5.63. The number of hydrogen-bond acceptors (Lipinski definition) is 4. The fraction of sp³-hybridized carbons (Fsp3) is 0.375. The molecule has 1 aromatic carbocycles. The van der Waals surface area contributed by atoms with E-state index in [-0.39, 0.29) is 18.3 Å². The standard InChI is InChI=1S/C16H21N3O2S/c1-4-12-7-5-6-11(2)15(12)18-14(21)10-22-16-17-8-13(9-20)19(16)3/h5-8,20H,4,9-10H2,1-3H3,(H,18,21). The molecule has 1 heterocycles. The molecule has 0 fully saturated rings. The fourth-order valence-corrected chi connectivity index (χ4v) is 2.98. The molecule has 2 aromatic rings. The quantitative estimate of drug-likeness (QED) is 0.803. The van der Waals surface area contributed by atoms with E-state index in [9.17, 15) is 4.79 Å². The van der Waals surface area contributed by atoms with Crippen LogP contribution in [0.1, 0.15) is 23.7 Å². The van der Waals surface area contributed by atoms with Crippen LogP contribution in [0, 0.1) is 6.92 Å². The molecule has 0 atom stereocenters. The van der Waals surface area contributed by atoms with Crippen molar-refractivity contribution in [3.8, 4) is 0 Å². The molecule has 0 aliphatic rings. The molecule has 0 spiro atoms. The van der Waals surface area contributed by atoms with Gasteiger partial charge in [0.25, 0.3) is 0 Å². The first-order valence-corrected chi connectivity index (χ1v) is 8.18. The van der Waals surface area contributed by atoms with E-state index < -0.39 is 0 Å². The number of carbonyl (C=O) groups excluding carboxylic acids is 1. The molecule has 0 unspecified atom stereocenters. The first-order chi connectivity index (χ1) is 10.6. The van der Waals surface area contributed by atoms with Gasteiger partial charge in [0, 0.05) is 12.7 Å². The molecule has 2 N–H and O–H groups in total. The third kappa shape index (κ3) is 3.69. The SMILES string of the molecule is CCc1cccc(C)c1NC(=O)CSc1ncc(CO)n1C. The molecular weight excluding hydrogens is 298 g/mol. The van der Waals surface area contributed by atoms with Gasteiger partial charge in [-0.15, -0.1) is 0 Å². The number of anilines is 1. The van der Waals surface area contributed by atoms with Crippen molar-refractivity contribution in [3.05, 3.63) is 41.2 Å². The Bertz CT molecular complexity index is 667. The Balaban J connectivity index is 2.00. The summed E-state index contributed by atoms with van der Waals surface area (Å²) in [6.45, 7) is 4.01. The minimum absolute atomic E-state index is 0.0532. The van der Waals surface area contributed by atoms with E-state index >= 15 is 0 Å². The number of thioether (sulfide) groups is 1. The minimum Gasteiger partial charge on any atom is -0.390 e. The second kappa shape index (κ2) is 7.47. The predicted molar refractivity (Wildman–Crippen MR) is 89.0 cm³/mol. The van der Waals surface area contributed by atoms with Gasteiger partial charge >= 0.3 is 0 Å². The van der Waals surface area contributed by atoms with Crippen LogP contribution in [0.2, 0.25) is 0 Å². The van der Waals surface area contributed by atoms with Crippen LogP contribution in [-0.4, -0.2) is 26.3 Å². The topological polar surface area (TPSA) is 67.2 Å². The summed E-state index contributed by atoms with van der Waals surface area (Å²) in [5.74, 6) is 0.232. The van der Waals surface area contributed by atoms with Gasteiger partial charge in [-0.05, 0) is 24.5 Å². The lowest BCUT2D eigenvalue weighted by Gasteiger charge is -2.12. The van der Waals surface area contributed by atoms with Crippen molar-refractivity contribution >= 4 is 23.4 Å². The van der Waals surface area contributed by atoms with E-state index in [1.165, 1.54) is 11.8 Å². The molecule has 0 saturated carbocycles. The minimum atomic E-state index is -0.0562. The molecule has 1 amide bonds. The van der Waals surface area contributed by atoms with Crippen LogP contribution in [0.15, 0.2) is 29.6 Å². The summed E-state index contributed by atoms with van der Waals surface area (Å²) >= 11 is 1.36. The Labute approximate surface area is 134 Å². The van der Waals surface area contributed by atoms with Crippen molar-refractivity contribution in [2.45, 2.75) is 32.0 Å². The number of amides is 1. The van der Waals surface area contributed by atoms with E-state index in [1.807, 2.05) is 32.2 Å². The molecule has 0 aliphatic carbocycles. The maximum absolute atomic E-state index is 12.2. The number of para-hydroxylation sites is 1. The molecule has 6 heteroatoms. The van der Waals surface area contributed by atoms with E-state index in [4.69, 9.17) is 5.11 Å². The number of aliphatic hydroxyl groups excluding tert-OH is 1. The van der Waals surface area contributed by atoms with Gasteiger partial charge in [0.1, 0.15) is 0 Å². The maximum Gasteiger partial charge on any atom is 0.234 e. The summed E-state index contributed by atoms with van der Waals surface area (Å²) in [6.07, 6.45) is 2.50. The van der Waals surface area contributed by atoms with Crippen LogP contribution < -0.4 is 5.32 Å². The number of aliphatic hydroxyl groups is 1. The molecule has 22 heavy (non-hydrogen) atoms. The lowest BCUT2D eigenvalue weighted by Crippen LogP contribution is -2.16.